The van der Waals surface area contributed by atoms with Gasteiger partial charge in [-0.05, 0) is 18.2 Å². The summed E-state index contributed by atoms with van der Waals surface area (Å²) in [4.78, 5) is 11.5. The van der Waals surface area contributed by atoms with E-state index in [1.165, 1.54) is 22.8 Å². The molecule has 0 atom stereocenters. The van der Waals surface area contributed by atoms with Crippen molar-refractivity contribution in [3.63, 3.8) is 0 Å². The van der Waals surface area contributed by atoms with Crippen molar-refractivity contribution in [3.05, 3.63) is 64.3 Å². The maximum absolute atomic E-state index is 13.4. The molecule has 0 fully saturated rings. The van der Waals surface area contributed by atoms with Crippen LogP contribution in [0.3, 0.4) is 0 Å². The molecule has 0 radical (unpaired) electrons. The number of benzene rings is 1. The molecule has 0 aliphatic rings. The average Bonchev–Trinajstić information content (AvgIpc) is 2.47. The van der Waals surface area contributed by atoms with Gasteiger partial charge in [0.25, 0.3) is 5.56 Å². The average molecular weight is 306 g/mol. The van der Waals surface area contributed by atoms with E-state index >= 15 is 0 Å². The van der Waals surface area contributed by atoms with Crippen LogP contribution in [-0.2, 0) is 6.54 Å². The van der Waals surface area contributed by atoms with E-state index in [2.05, 4.69) is 11.8 Å². The normalized spacial score (nSPS) is 9.81. The fourth-order valence-corrected chi connectivity index (χ4v) is 1.83. The summed E-state index contributed by atoms with van der Waals surface area (Å²) in [6.45, 7) is 0.647. The molecule has 0 unspecified atom stereocenters. The first-order valence-corrected chi connectivity index (χ1v) is 6.86. The van der Waals surface area contributed by atoms with E-state index < -0.39 is 5.82 Å². The maximum atomic E-state index is 13.4. The predicted molar refractivity (Wildman–Crippen MR) is 80.2 cm³/mol. The fourth-order valence-electron chi connectivity index (χ4n) is 1.76. The monoisotopic (exact) mass is 305 g/mol. The standard InChI is InChI=1S/C16H13ClFNO2/c17-6-3-4-13-10-14(18)12-15(11-13)21-9-8-19-7-2-1-5-16(19)20/h1-2,5,7,10-12H,6,8-9H2. The molecular weight excluding hydrogens is 293 g/mol. The zero-order chi connectivity index (χ0) is 15.1. The summed E-state index contributed by atoms with van der Waals surface area (Å²) < 4.78 is 20.4. The van der Waals surface area contributed by atoms with E-state index in [9.17, 15) is 9.18 Å². The van der Waals surface area contributed by atoms with Crippen LogP contribution in [-0.4, -0.2) is 17.1 Å². The molecule has 3 nitrogen and oxygen atoms in total. The van der Waals surface area contributed by atoms with Crippen LogP contribution in [0.1, 0.15) is 5.56 Å². The van der Waals surface area contributed by atoms with Crippen LogP contribution in [0.4, 0.5) is 4.39 Å². The number of rotatable bonds is 4. The largest absolute Gasteiger partial charge is 0.492 e. The van der Waals surface area contributed by atoms with Gasteiger partial charge in [0.05, 0.1) is 12.4 Å². The minimum atomic E-state index is -0.428. The number of ether oxygens (including phenoxy) is 1. The Bertz CT molecular complexity index is 731. The van der Waals surface area contributed by atoms with E-state index in [4.69, 9.17) is 16.3 Å². The van der Waals surface area contributed by atoms with Gasteiger partial charge < -0.3 is 9.30 Å². The molecule has 0 amide bonds. The van der Waals surface area contributed by atoms with Crippen LogP contribution in [0, 0.1) is 17.7 Å². The third-order valence-corrected chi connectivity index (χ3v) is 2.80. The number of hydrogen-bond donors (Lipinski definition) is 0. The summed E-state index contributed by atoms with van der Waals surface area (Å²) in [6.07, 6.45) is 1.68. The highest BCUT2D eigenvalue weighted by Gasteiger charge is 2.01. The molecule has 0 saturated carbocycles. The zero-order valence-electron chi connectivity index (χ0n) is 11.2. The van der Waals surface area contributed by atoms with Gasteiger partial charge in [0.2, 0.25) is 0 Å². The molecule has 1 aromatic carbocycles. The van der Waals surface area contributed by atoms with Crippen molar-refractivity contribution in [2.24, 2.45) is 0 Å². The highest BCUT2D eigenvalue weighted by molar-refractivity contribution is 6.19. The van der Waals surface area contributed by atoms with Crippen LogP contribution in [0.2, 0.25) is 0 Å². The SMILES string of the molecule is O=c1ccccn1CCOc1cc(F)cc(C#CCCl)c1. The summed E-state index contributed by atoms with van der Waals surface area (Å²) in [5.41, 5.74) is 0.400. The van der Waals surface area contributed by atoms with Gasteiger partial charge in [-0.3, -0.25) is 4.79 Å². The molecule has 0 aliphatic heterocycles. The van der Waals surface area contributed by atoms with Crippen molar-refractivity contribution in [1.29, 1.82) is 0 Å². The van der Waals surface area contributed by atoms with Crippen molar-refractivity contribution in [2.45, 2.75) is 6.54 Å². The van der Waals surface area contributed by atoms with Gasteiger partial charge in [0.1, 0.15) is 18.2 Å². The van der Waals surface area contributed by atoms with Crippen LogP contribution in [0.15, 0.2) is 47.4 Å². The van der Waals surface area contributed by atoms with Gasteiger partial charge in [-0.1, -0.05) is 17.9 Å². The lowest BCUT2D eigenvalue weighted by molar-refractivity contribution is 0.295. The van der Waals surface area contributed by atoms with Crippen molar-refractivity contribution in [3.8, 4) is 17.6 Å². The molecule has 1 aromatic heterocycles. The van der Waals surface area contributed by atoms with E-state index in [0.29, 0.717) is 17.9 Å². The Labute approximate surface area is 126 Å². The minimum Gasteiger partial charge on any atom is -0.492 e. The molecule has 0 aliphatic carbocycles. The second-order valence-electron chi connectivity index (χ2n) is 4.19. The van der Waals surface area contributed by atoms with Gasteiger partial charge >= 0.3 is 0 Å². The van der Waals surface area contributed by atoms with Crippen molar-refractivity contribution < 1.29 is 9.13 Å². The second kappa shape index (κ2) is 7.51. The lowest BCUT2D eigenvalue weighted by Gasteiger charge is -2.08. The molecule has 0 N–H and O–H groups in total. The van der Waals surface area contributed by atoms with E-state index in [1.807, 2.05) is 0 Å². The summed E-state index contributed by atoms with van der Waals surface area (Å²) >= 11 is 5.47. The highest BCUT2D eigenvalue weighted by atomic mass is 35.5. The first-order chi connectivity index (χ1) is 10.2. The van der Waals surface area contributed by atoms with Crippen molar-refractivity contribution >= 4 is 11.6 Å². The summed E-state index contributed by atoms with van der Waals surface area (Å²) in [5, 5.41) is 0. The topological polar surface area (TPSA) is 31.2 Å². The third-order valence-electron chi connectivity index (χ3n) is 2.67. The van der Waals surface area contributed by atoms with Crippen molar-refractivity contribution in [1.82, 2.24) is 4.57 Å². The van der Waals surface area contributed by atoms with Gasteiger partial charge in [0, 0.05) is 23.9 Å². The fraction of sp³-hybridized carbons (Fsp3) is 0.188. The molecular formula is C16H13ClFNO2. The lowest BCUT2D eigenvalue weighted by atomic mass is 10.2. The van der Waals surface area contributed by atoms with Crippen LogP contribution in [0.5, 0.6) is 5.75 Å². The first kappa shape index (κ1) is 15.1. The van der Waals surface area contributed by atoms with E-state index in [1.54, 1.807) is 24.4 Å². The summed E-state index contributed by atoms with van der Waals surface area (Å²) in [5.74, 6) is 5.52. The number of aromatic nitrogens is 1. The Morgan fingerprint density at radius 1 is 1.29 bits per heavy atom. The predicted octanol–water partition coefficient (Wildman–Crippen LogP) is 2.66. The van der Waals surface area contributed by atoms with Crippen LogP contribution in [0.25, 0.3) is 0 Å². The number of hydrogen-bond acceptors (Lipinski definition) is 2. The van der Waals surface area contributed by atoms with Gasteiger partial charge in [-0.2, -0.15) is 0 Å². The molecule has 2 aromatic rings. The molecule has 0 bridgehead atoms. The Morgan fingerprint density at radius 2 is 2.14 bits per heavy atom. The number of nitrogens with zero attached hydrogens (tertiary/aromatic N) is 1. The van der Waals surface area contributed by atoms with E-state index in [-0.39, 0.29) is 18.0 Å². The van der Waals surface area contributed by atoms with Crippen LogP contribution < -0.4 is 10.3 Å². The highest BCUT2D eigenvalue weighted by Crippen LogP contribution is 2.15. The molecule has 21 heavy (non-hydrogen) atoms. The summed E-state index contributed by atoms with van der Waals surface area (Å²) in [7, 11) is 0. The van der Waals surface area contributed by atoms with Gasteiger partial charge in [-0.15, -0.1) is 11.6 Å². The second-order valence-corrected chi connectivity index (χ2v) is 4.46. The number of halogens is 2. The smallest absolute Gasteiger partial charge is 0.250 e. The summed E-state index contributed by atoms with van der Waals surface area (Å²) in [6, 6.07) is 9.14. The van der Waals surface area contributed by atoms with Crippen molar-refractivity contribution in [2.75, 3.05) is 12.5 Å². The zero-order valence-corrected chi connectivity index (χ0v) is 11.9. The molecule has 1 heterocycles. The third kappa shape index (κ3) is 4.66. The maximum Gasteiger partial charge on any atom is 0.250 e. The molecule has 5 heteroatoms. The molecule has 2 rings (SSSR count). The Kier molecular flexibility index (Phi) is 5.42. The molecule has 108 valence electrons. The number of alkyl halides is 1. The van der Waals surface area contributed by atoms with Gasteiger partial charge in [0.15, 0.2) is 0 Å². The van der Waals surface area contributed by atoms with Gasteiger partial charge in [-0.25, -0.2) is 4.39 Å². The lowest BCUT2D eigenvalue weighted by Crippen LogP contribution is -2.21. The molecule has 0 saturated heterocycles. The first-order valence-electron chi connectivity index (χ1n) is 6.33. The van der Waals surface area contributed by atoms with E-state index in [0.717, 1.165) is 0 Å². The van der Waals surface area contributed by atoms with Crippen LogP contribution >= 0.6 is 11.6 Å². The molecule has 0 spiro atoms. The number of pyridine rings is 1. The quantitative estimate of drug-likeness (QED) is 0.642. The Morgan fingerprint density at radius 3 is 2.90 bits per heavy atom. The Balaban J connectivity index is 2.02. The minimum absolute atomic E-state index is 0.103. The Hall–Kier alpha value is -2.25.